The number of halogens is 1. The smallest absolute Gasteiger partial charge is 0.327 e. The van der Waals surface area contributed by atoms with E-state index in [9.17, 15) is 14.4 Å². The van der Waals surface area contributed by atoms with Gasteiger partial charge in [0.2, 0.25) is 0 Å². The Morgan fingerprint density at radius 3 is 2.40 bits per heavy atom. The Balaban J connectivity index is 2.80. The van der Waals surface area contributed by atoms with Crippen molar-refractivity contribution < 1.29 is 23.9 Å². The number of hydrogen-bond donors (Lipinski definition) is 3. The van der Waals surface area contributed by atoms with Gasteiger partial charge in [-0.2, -0.15) is 0 Å². The standard InChI is InChI=1S/C16H22BrN3O5/c1-5-6-25-13-11(17)7-10(8-12(13)24-4)14(21)19-20-16(23)15(22)18-9(2)3/h7-9H,5-6H2,1-4H3,(H,18,22)(H,19,21)(H,20,23). The zero-order chi connectivity index (χ0) is 19.0. The zero-order valence-electron chi connectivity index (χ0n) is 14.6. The number of hydrogen-bond acceptors (Lipinski definition) is 5. The van der Waals surface area contributed by atoms with Gasteiger partial charge in [0, 0.05) is 11.6 Å². The van der Waals surface area contributed by atoms with Gasteiger partial charge in [0.25, 0.3) is 5.91 Å². The Labute approximate surface area is 154 Å². The second kappa shape index (κ2) is 9.87. The summed E-state index contributed by atoms with van der Waals surface area (Å²) in [4.78, 5) is 35.2. The van der Waals surface area contributed by atoms with E-state index >= 15 is 0 Å². The van der Waals surface area contributed by atoms with Crippen molar-refractivity contribution in [2.24, 2.45) is 0 Å². The van der Waals surface area contributed by atoms with Crippen molar-refractivity contribution in [3.05, 3.63) is 22.2 Å². The molecular weight excluding hydrogens is 394 g/mol. The van der Waals surface area contributed by atoms with Crippen molar-refractivity contribution >= 4 is 33.7 Å². The molecule has 1 aromatic carbocycles. The maximum absolute atomic E-state index is 12.2. The Kier molecular flexibility index (Phi) is 8.20. The third kappa shape index (κ3) is 6.26. The molecule has 1 rings (SSSR count). The van der Waals surface area contributed by atoms with Crippen molar-refractivity contribution in [2.45, 2.75) is 33.2 Å². The van der Waals surface area contributed by atoms with Crippen molar-refractivity contribution in [3.8, 4) is 11.5 Å². The van der Waals surface area contributed by atoms with Crippen LogP contribution in [0, 0.1) is 0 Å². The van der Waals surface area contributed by atoms with E-state index in [2.05, 4.69) is 32.1 Å². The quantitative estimate of drug-likeness (QED) is 0.482. The maximum Gasteiger partial charge on any atom is 0.327 e. The molecule has 0 heterocycles. The van der Waals surface area contributed by atoms with E-state index in [0.717, 1.165) is 6.42 Å². The highest BCUT2D eigenvalue weighted by Gasteiger charge is 2.18. The van der Waals surface area contributed by atoms with E-state index < -0.39 is 17.7 Å². The second-order valence-electron chi connectivity index (χ2n) is 5.37. The van der Waals surface area contributed by atoms with E-state index in [0.29, 0.717) is 22.6 Å². The third-order valence-corrected chi connectivity index (χ3v) is 3.45. The summed E-state index contributed by atoms with van der Waals surface area (Å²) in [7, 11) is 1.46. The average molecular weight is 416 g/mol. The fraction of sp³-hybridized carbons (Fsp3) is 0.438. The summed E-state index contributed by atoms with van der Waals surface area (Å²) in [5, 5.41) is 2.41. The van der Waals surface area contributed by atoms with E-state index in [-0.39, 0.29) is 11.6 Å². The normalized spacial score (nSPS) is 10.2. The molecule has 25 heavy (non-hydrogen) atoms. The van der Waals surface area contributed by atoms with Gasteiger partial charge in [0.15, 0.2) is 11.5 Å². The SMILES string of the molecule is CCCOc1c(Br)cc(C(=O)NNC(=O)C(=O)NC(C)C)cc1OC. The number of hydrazine groups is 1. The molecule has 0 fully saturated rings. The lowest BCUT2D eigenvalue weighted by Crippen LogP contribution is -2.49. The van der Waals surface area contributed by atoms with Gasteiger partial charge < -0.3 is 14.8 Å². The number of carbonyl (C=O) groups excluding carboxylic acids is 3. The Morgan fingerprint density at radius 2 is 1.84 bits per heavy atom. The second-order valence-corrected chi connectivity index (χ2v) is 6.23. The van der Waals surface area contributed by atoms with Gasteiger partial charge in [-0.05, 0) is 48.3 Å². The largest absolute Gasteiger partial charge is 0.493 e. The molecule has 0 atom stereocenters. The first kappa shape index (κ1) is 20.8. The molecule has 1 aromatic rings. The molecule has 3 N–H and O–H groups in total. The van der Waals surface area contributed by atoms with Crippen molar-refractivity contribution in [1.82, 2.24) is 16.2 Å². The first-order valence-electron chi connectivity index (χ1n) is 7.71. The molecule has 0 bridgehead atoms. The fourth-order valence-corrected chi connectivity index (χ4v) is 2.32. The lowest BCUT2D eigenvalue weighted by molar-refractivity contribution is -0.139. The van der Waals surface area contributed by atoms with E-state index in [1.165, 1.54) is 19.2 Å². The van der Waals surface area contributed by atoms with Crippen LogP contribution in [-0.4, -0.2) is 37.5 Å². The summed E-state index contributed by atoms with van der Waals surface area (Å²) >= 11 is 3.33. The molecule has 0 unspecified atom stereocenters. The number of benzene rings is 1. The van der Waals surface area contributed by atoms with Crippen LogP contribution in [0.3, 0.4) is 0 Å². The highest BCUT2D eigenvalue weighted by molar-refractivity contribution is 9.10. The number of ether oxygens (including phenoxy) is 2. The zero-order valence-corrected chi connectivity index (χ0v) is 16.2. The number of amides is 3. The topological polar surface area (TPSA) is 106 Å². The maximum atomic E-state index is 12.2. The van der Waals surface area contributed by atoms with Gasteiger partial charge >= 0.3 is 11.8 Å². The third-order valence-electron chi connectivity index (χ3n) is 2.86. The van der Waals surface area contributed by atoms with Crippen LogP contribution in [0.4, 0.5) is 0 Å². The molecule has 0 spiro atoms. The minimum Gasteiger partial charge on any atom is -0.493 e. The van der Waals surface area contributed by atoms with Gasteiger partial charge in [-0.1, -0.05) is 6.92 Å². The van der Waals surface area contributed by atoms with Crippen LogP contribution in [0.15, 0.2) is 16.6 Å². The van der Waals surface area contributed by atoms with Crippen LogP contribution in [0.5, 0.6) is 11.5 Å². The molecule has 8 nitrogen and oxygen atoms in total. The minimum atomic E-state index is -0.962. The van der Waals surface area contributed by atoms with Crippen molar-refractivity contribution in [2.75, 3.05) is 13.7 Å². The van der Waals surface area contributed by atoms with Gasteiger partial charge in [-0.25, -0.2) is 0 Å². The summed E-state index contributed by atoms with van der Waals surface area (Å²) in [6.07, 6.45) is 0.822. The highest BCUT2D eigenvalue weighted by Crippen LogP contribution is 2.36. The lowest BCUT2D eigenvalue weighted by atomic mass is 10.2. The monoisotopic (exact) mass is 415 g/mol. The molecule has 0 aliphatic carbocycles. The number of rotatable bonds is 6. The summed E-state index contributed by atoms with van der Waals surface area (Å²) in [5.41, 5.74) is 4.45. The van der Waals surface area contributed by atoms with Crippen LogP contribution in [0.25, 0.3) is 0 Å². The Morgan fingerprint density at radius 1 is 1.16 bits per heavy atom. The van der Waals surface area contributed by atoms with Crippen molar-refractivity contribution in [3.63, 3.8) is 0 Å². The molecule has 138 valence electrons. The first-order chi connectivity index (χ1) is 11.8. The molecule has 0 aliphatic heterocycles. The Hall–Kier alpha value is -2.29. The van der Waals surface area contributed by atoms with Crippen LogP contribution in [0.2, 0.25) is 0 Å². The van der Waals surface area contributed by atoms with Crippen molar-refractivity contribution in [1.29, 1.82) is 0 Å². The summed E-state index contributed by atoms with van der Waals surface area (Å²) < 4.78 is 11.4. The van der Waals surface area contributed by atoms with Crippen LogP contribution in [0.1, 0.15) is 37.6 Å². The fourth-order valence-electron chi connectivity index (χ4n) is 1.77. The molecule has 0 aromatic heterocycles. The van der Waals surface area contributed by atoms with Crippen LogP contribution < -0.4 is 25.6 Å². The molecule has 0 saturated heterocycles. The van der Waals surface area contributed by atoms with E-state index in [1.54, 1.807) is 13.8 Å². The van der Waals surface area contributed by atoms with Gasteiger partial charge in [0.05, 0.1) is 18.2 Å². The summed E-state index contributed by atoms with van der Waals surface area (Å²) in [5.74, 6) is -1.54. The predicted octanol–water partition coefficient (Wildman–Crippen LogP) is 1.53. The summed E-state index contributed by atoms with van der Waals surface area (Å²) in [6, 6.07) is 2.82. The molecule has 0 aliphatic rings. The first-order valence-corrected chi connectivity index (χ1v) is 8.50. The highest BCUT2D eigenvalue weighted by atomic mass is 79.9. The number of carbonyl (C=O) groups is 3. The Bertz CT molecular complexity index is 649. The predicted molar refractivity (Wildman–Crippen MR) is 95.4 cm³/mol. The molecule has 9 heteroatoms. The van der Waals surface area contributed by atoms with E-state index in [4.69, 9.17) is 9.47 Å². The molecule has 3 amide bonds. The van der Waals surface area contributed by atoms with Gasteiger partial charge in [-0.15, -0.1) is 0 Å². The van der Waals surface area contributed by atoms with Gasteiger partial charge in [-0.3, -0.25) is 25.2 Å². The molecule has 0 saturated carbocycles. The lowest BCUT2D eigenvalue weighted by Gasteiger charge is -2.14. The van der Waals surface area contributed by atoms with Crippen LogP contribution in [-0.2, 0) is 9.59 Å². The molecule has 0 radical (unpaired) electrons. The van der Waals surface area contributed by atoms with E-state index in [1.807, 2.05) is 6.92 Å². The minimum absolute atomic E-state index is 0.190. The number of nitrogens with one attached hydrogen (secondary N) is 3. The summed E-state index contributed by atoms with van der Waals surface area (Å²) in [6.45, 7) is 5.91. The average Bonchev–Trinajstić information content (AvgIpc) is 2.56. The number of methoxy groups -OCH3 is 1. The van der Waals surface area contributed by atoms with Gasteiger partial charge in [0.1, 0.15) is 0 Å². The molecular formula is C16H22BrN3O5. The van der Waals surface area contributed by atoms with Crippen LogP contribution >= 0.6 is 15.9 Å².